The highest BCUT2D eigenvalue weighted by Gasteiger charge is 2.15. The van der Waals surface area contributed by atoms with E-state index in [1.807, 2.05) is 55.7 Å². The van der Waals surface area contributed by atoms with E-state index in [1.165, 1.54) is 7.11 Å². The van der Waals surface area contributed by atoms with Crippen LogP contribution in [0.4, 0.5) is 0 Å². The Labute approximate surface area is 199 Å². The van der Waals surface area contributed by atoms with E-state index in [4.69, 9.17) is 9.15 Å². The molecule has 0 bridgehead atoms. The molecule has 0 spiro atoms. The zero-order valence-electron chi connectivity index (χ0n) is 18.6. The Morgan fingerprint density at radius 1 is 1.09 bits per heavy atom. The second-order valence-corrected chi connectivity index (χ2v) is 8.56. The number of halogens is 1. The number of rotatable bonds is 5. The Hall–Kier alpha value is -3.65. The van der Waals surface area contributed by atoms with Gasteiger partial charge in [0.15, 0.2) is 5.76 Å². The van der Waals surface area contributed by atoms with Gasteiger partial charge < -0.3 is 13.7 Å². The van der Waals surface area contributed by atoms with E-state index < -0.39 is 5.91 Å². The molecule has 4 rings (SSSR count). The highest BCUT2D eigenvalue weighted by Crippen LogP contribution is 2.25. The summed E-state index contributed by atoms with van der Waals surface area (Å²) < 4.78 is 13.4. The number of fused-ring (bicyclic) bond motifs is 1. The first-order valence-electron chi connectivity index (χ1n) is 10.2. The van der Waals surface area contributed by atoms with Gasteiger partial charge in [-0.1, -0.05) is 22.0 Å². The van der Waals surface area contributed by atoms with Gasteiger partial charge in [0, 0.05) is 32.5 Å². The molecule has 7 nitrogen and oxygen atoms in total. The number of esters is 1. The van der Waals surface area contributed by atoms with E-state index in [2.05, 4.69) is 26.5 Å². The van der Waals surface area contributed by atoms with Gasteiger partial charge in [0.05, 0.1) is 18.9 Å². The molecule has 2 heterocycles. The third-order valence-corrected chi connectivity index (χ3v) is 5.91. The first-order chi connectivity index (χ1) is 15.8. The summed E-state index contributed by atoms with van der Waals surface area (Å²) in [6.45, 7) is 5.91. The number of benzene rings is 2. The van der Waals surface area contributed by atoms with E-state index in [9.17, 15) is 9.59 Å². The van der Waals surface area contributed by atoms with Gasteiger partial charge in [0.2, 0.25) is 0 Å². The van der Waals surface area contributed by atoms with Crippen LogP contribution >= 0.6 is 15.9 Å². The zero-order valence-corrected chi connectivity index (χ0v) is 20.2. The van der Waals surface area contributed by atoms with Crippen LogP contribution in [0.25, 0.3) is 16.7 Å². The molecule has 8 heteroatoms. The molecular formula is C25H22BrN3O4. The normalized spacial score (nSPS) is 11.3. The molecule has 0 aliphatic heterocycles. The lowest BCUT2D eigenvalue weighted by Gasteiger charge is -2.14. The van der Waals surface area contributed by atoms with Crippen molar-refractivity contribution in [3.63, 3.8) is 0 Å². The standard InChI is InChI=1S/C25H22BrN3O4/c1-14-5-6-17(25(31)32-4)11-21(14)29-15(2)9-19(16(29)3)13-27-28-24(30)23-12-18-10-20(26)7-8-22(18)33-23/h5-13H,1-4H3,(H,28,30)/b27-13+. The van der Waals surface area contributed by atoms with Gasteiger partial charge in [-0.3, -0.25) is 4.79 Å². The van der Waals surface area contributed by atoms with Gasteiger partial charge in [0.1, 0.15) is 5.58 Å². The Morgan fingerprint density at radius 2 is 1.88 bits per heavy atom. The van der Waals surface area contributed by atoms with E-state index in [-0.39, 0.29) is 11.7 Å². The summed E-state index contributed by atoms with van der Waals surface area (Å²) in [6.07, 6.45) is 1.59. The molecule has 0 saturated heterocycles. The molecule has 0 fully saturated rings. The molecular weight excluding hydrogens is 486 g/mol. The molecule has 1 N–H and O–H groups in total. The van der Waals surface area contributed by atoms with Crippen molar-refractivity contribution in [3.8, 4) is 5.69 Å². The monoisotopic (exact) mass is 507 g/mol. The van der Waals surface area contributed by atoms with Gasteiger partial charge in [0.25, 0.3) is 0 Å². The Morgan fingerprint density at radius 3 is 2.64 bits per heavy atom. The minimum atomic E-state index is -0.436. The number of nitrogens with zero attached hydrogens (tertiary/aromatic N) is 2. The third-order valence-electron chi connectivity index (χ3n) is 5.41. The molecule has 0 atom stereocenters. The first-order valence-corrected chi connectivity index (χ1v) is 11.0. The Kier molecular flexibility index (Phi) is 6.20. The number of ether oxygens (including phenoxy) is 1. The SMILES string of the molecule is COC(=O)c1ccc(C)c(-n2c(C)cc(/C=N/NC(=O)c3cc4cc(Br)ccc4o3)c2C)c1. The van der Waals surface area contributed by atoms with Crippen LogP contribution in [0, 0.1) is 20.8 Å². The number of carbonyl (C=O) groups is 2. The fourth-order valence-electron chi connectivity index (χ4n) is 3.73. The molecule has 168 valence electrons. The third kappa shape index (κ3) is 4.47. The second-order valence-electron chi connectivity index (χ2n) is 7.65. The fourth-order valence-corrected chi connectivity index (χ4v) is 4.10. The average molecular weight is 508 g/mol. The molecule has 0 radical (unpaired) electrons. The maximum atomic E-state index is 12.5. The van der Waals surface area contributed by atoms with Gasteiger partial charge in [-0.05, 0) is 68.8 Å². The highest BCUT2D eigenvalue weighted by molar-refractivity contribution is 9.10. The number of aryl methyl sites for hydroxylation is 2. The zero-order chi connectivity index (χ0) is 23.7. The van der Waals surface area contributed by atoms with E-state index >= 15 is 0 Å². The number of amides is 1. The molecule has 1 amide bonds. The summed E-state index contributed by atoms with van der Waals surface area (Å²) in [5, 5.41) is 4.94. The van der Waals surface area contributed by atoms with Crippen LogP contribution in [0.15, 0.2) is 62.5 Å². The number of furan rings is 1. The summed E-state index contributed by atoms with van der Waals surface area (Å²) in [7, 11) is 1.36. The Balaban J connectivity index is 1.57. The van der Waals surface area contributed by atoms with Crippen LogP contribution in [0.5, 0.6) is 0 Å². The number of nitrogens with one attached hydrogen (secondary N) is 1. The van der Waals surface area contributed by atoms with Crippen LogP contribution in [-0.4, -0.2) is 29.8 Å². The summed E-state index contributed by atoms with van der Waals surface area (Å²) in [4.78, 5) is 24.4. The van der Waals surface area contributed by atoms with Crippen molar-refractivity contribution in [1.29, 1.82) is 0 Å². The van der Waals surface area contributed by atoms with Crippen LogP contribution in [0.3, 0.4) is 0 Å². The molecule has 33 heavy (non-hydrogen) atoms. The lowest BCUT2D eigenvalue weighted by atomic mass is 10.1. The maximum Gasteiger partial charge on any atom is 0.337 e. The number of aromatic nitrogens is 1. The van der Waals surface area contributed by atoms with E-state index in [0.29, 0.717) is 11.1 Å². The molecule has 0 aliphatic carbocycles. The van der Waals surface area contributed by atoms with Gasteiger partial charge in [-0.25, -0.2) is 10.2 Å². The number of hydrazone groups is 1. The quantitative estimate of drug-likeness (QED) is 0.220. The summed E-state index contributed by atoms with van der Waals surface area (Å²) in [5.41, 5.74) is 8.23. The van der Waals surface area contributed by atoms with E-state index in [1.54, 1.807) is 24.4 Å². The van der Waals surface area contributed by atoms with Crippen LogP contribution in [0.2, 0.25) is 0 Å². The van der Waals surface area contributed by atoms with Gasteiger partial charge >= 0.3 is 11.9 Å². The molecule has 2 aromatic heterocycles. The number of hydrogen-bond acceptors (Lipinski definition) is 5. The predicted octanol–water partition coefficient (Wildman–Crippen LogP) is 5.46. The Bertz CT molecular complexity index is 1410. The number of methoxy groups -OCH3 is 1. The van der Waals surface area contributed by atoms with Gasteiger partial charge in [-0.15, -0.1) is 0 Å². The van der Waals surface area contributed by atoms with Crippen molar-refractivity contribution in [2.24, 2.45) is 5.10 Å². The van der Waals surface area contributed by atoms with E-state index in [0.717, 1.165) is 38.1 Å². The average Bonchev–Trinajstić information content (AvgIpc) is 3.33. The predicted molar refractivity (Wildman–Crippen MR) is 130 cm³/mol. The van der Waals surface area contributed by atoms with Crippen LogP contribution < -0.4 is 5.43 Å². The summed E-state index contributed by atoms with van der Waals surface area (Å²) in [5.74, 6) is -0.642. The van der Waals surface area contributed by atoms with Crippen molar-refractivity contribution in [1.82, 2.24) is 9.99 Å². The highest BCUT2D eigenvalue weighted by atomic mass is 79.9. The molecule has 0 saturated carbocycles. The van der Waals surface area contributed by atoms with Crippen molar-refractivity contribution >= 4 is 45.0 Å². The minimum Gasteiger partial charge on any atom is -0.465 e. The topological polar surface area (TPSA) is 85.8 Å². The lowest BCUT2D eigenvalue weighted by Crippen LogP contribution is -2.16. The second kappa shape index (κ2) is 9.07. The van der Waals surface area contributed by atoms with Crippen molar-refractivity contribution < 1.29 is 18.7 Å². The molecule has 2 aromatic carbocycles. The lowest BCUT2D eigenvalue weighted by molar-refractivity contribution is 0.0600. The fraction of sp³-hybridized carbons (Fsp3) is 0.160. The van der Waals surface area contributed by atoms with Gasteiger partial charge in [-0.2, -0.15) is 5.10 Å². The van der Waals surface area contributed by atoms with Crippen molar-refractivity contribution in [2.45, 2.75) is 20.8 Å². The largest absolute Gasteiger partial charge is 0.465 e. The van der Waals surface area contributed by atoms with Crippen LogP contribution in [-0.2, 0) is 4.74 Å². The minimum absolute atomic E-state index is 0.181. The number of hydrogen-bond donors (Lipinski definition) is 1. The maximum absolute atomic E-state index is 12.5. The van der Waals surface area contributed by atoms with Crippen LogP contribution in [0.1, 0.15) is 43.4 Å². The summed E-state index contributed by atoms with van der Waals surface area (Å²) >= 11 is 3.41. The van der Waals surface area contributed by atoms with Crippen molar-refractivity contribution in [3.05, 3.63) is 86.8 Å². The smallest absolute Gasteiger partial charge is 0.337 e. The number of carbonyl (C=O) groups excluding carboxylic acids is 2. The summed E-state index contributed by atoms with van der Waals surface area (Å²) in [6, 6.07) is 14.6. The first kappa shape index (κ1) is 22.5. The molecule has 4 aromatic rings. The molecule has 0 unspecified atom stereocenters. The molecule has 0 aliphatic rings. The van der Waals surface area contributed by atoms with Crippen molar-refractivity contribution in [2.75, 3.05) is 7.11 Å².